The van der Waals surface area contributed by atoms with Crippen molar-refractivity contribution in [2.75, 3.05) is 24.5 Å². The van der Waals surface area contributed by atoms with Crippen molar-refractivity contribution in [2.45, 2.75) is 18.6 Å². The van der Waals surface area contributed by atoms with E-state index in [1.165, 1.54) is 11.3 Å². The van der Waals surface area contributed by atoms with E-state index >= 15 is 0 Å². The summed E-state index contributed by atoms with van der Waals surface area (Å²) in [5.41, 5.74) is 2.59. The van der Waals surface area contributed by atoms with E-state index in [4.69, 9.17) is 0 Å². The van der Waals surface area contributed by atoms with Crippen molar-refractivity contribution < 1.29 is 4.39 Å². The predicted molar refractivity (Wildman–Crippen MR) is 59.0 cm³/mol. The molecule has 1 saturated heterocycles. The maximum Gasteiger partial charge on any atom is 0.134 e. The Bertz CT molecular complexity index is 366. The highest BCUT2D eigenvalue weighted by atomic mass is 19.1. The van der Waals surface area contributed by atoms with Crippen LogP contribution >= 0.6 is 0 Å². The van der Waals surface area contributed by atoms with Crippen molar-refractivity contribution in [3.05, 3.63) is 29.8 Å². The number of para-hydroxylation sites is 1. The van der Waals surface area contributed by atoms with Gasteiger partial charge in [-0.2, -0.15) is 0 Å². The molecule has 0 radical (unpaired) electrons. The molecule has 0 aromatic heterocycles. The summed E-state index contributed by atoms with van der Waals surface area (Å²) in [7, 11) is 0. The fourth-order valence-electron chi connectivity index (χ4n) is 2.65. The predicted octanol–water partition coefficient (Wildman–Crippen LogP) is 1.36. The molecule has 1 fully saturated rings. The first-order valence-corrected chi connectivity index (χ1v) is 5.55. The second-order valence-corrected chi connectivity index (χ2v) is 4.31. The smallest absolute Gasteiger partial charge is 0.134 e. The molecule has 15 heavy (non-hydrogen) atoms. The quantitative estimate of drug-likeness (QED) is 0.746. The lowest BCUT2D eigenvalue weighted by atomic mass is 10.1. The van der Waals surface area contributed by atoms with Gasteiger partial charge in [-0.15, -0.1) is 0 Å². The van der Waals surface area contributed by atoms with Gasteiger partial charge in [0.15, 0.2) is 0 Å². The number of hydrogen-bond acceptors (Lipinski definition) is 2. The van der Waals surface area contributed by atoms with Crippen molar-refractivity contribution in [1.82, 2.24) is 5.32 Å². The number of nitrogens with one attached hydrogen (secondary N) is 1. The molecular weight excluding hydrogens is 191 g/mol. The van der Waals surface area contributed by atoms with Gasteiger partial charge < -0.3 is 10.2 Å². The van der Waals surface area contributed by atoms with Gasteiger partial charge in [-0.3, -0.25) is 0 Å². The molecule has 0 saturated carbocycles. The van der Waals surface area contributed by atoms with Crippen molar-refractivity contribution in [3.63, 3.8) is 0 Å². The molecule has 2 unspecified atom stereocenters. The van der Waals surface area contributed by atoms with Gasteiger partial charge in [-0.25, -0.2) is 4.39 Å². The summed E-state index contributed by atoms with van der Waals surface area (Å²) in [6, 6.07) is 8.38. The highest BCUT2D eigenvalue weighted by Crippen LogP contribution is 2.31. The number of hydrogen-bond donors (Lipinski definition) is 1. The van der Waals surface area contributed by atoms with Gasteiger partial charge in [0.2, 0.25) is 0 Å². The molecule has 1 aromatic rings. The molecule has 1 N–H and O–H groups in total. The molecule has 0 spiro atoms. The van der Waals surface area contributed by atoms with Gasteiger partial charge in [-0.05, 0) is 18.1 Å². The summed E-state index contributed by atoms with van der Waals surface area (Å²) in [6.07, 6.45) is 0.329. The average Bonchev–Trinajstić information content (AvgIpc) is 2.83. The van der Waals surface area contributed by atoms with E-state index in [-0.39, 0.29) is 6.04 Å². The first kappa shape index (κ1) is 9.16. The molecule has 3 rings (SSSR count). The van der Waals surface area contributed by atoms with Crippen molar-refractivity contribution in [3.8, 4) is 0 Å². The number of anilines is 1. The molecular formula is C12H15FN2. The van der Waals surface area contributed by atoms with Gasteiger partial charge >= 0.3 is 0 Å². The fourth-order valence-corrected chi connectivity index (χ4v) is 2.65. The van der Waals surface area contributed by atoms with Crippen molar-refractivity contribution >= 4 is 5.69 Å². The van der Waals surface area contributed by atoms with E-state index in [0.29, 0.717) is 6.54 Å². The molecule has 0 aliphatic carbocycles. The van der Waals surface area contributed by atoms with Crippen LogP contribution < -0.4 is 10.2 Å². The third-order valence-electron chi connectivity index (χ3n) is 3.43. The minimum absolute atomic E-state index is 0.0358. The second kappa shape index (κ2) is 3.49. The number of alkyl halides is 1. The lowest BCUT2D eigenvalue weighted by Crippen LogP contribution is -2.40. The normalized spacial score (nSPS) is 29.5. The zero-order chi connectivity index (χ0) is 10.3. The van der Waals surface area contributed by atoms with Crippen LogP contribution in [-0.4, -0.2) is 31.8 Å². The maximum absolute atomic E-state index is 13.6. The summed E-state index contributed by atoms with van der Waals surface area (Å²) in [5.74, 6) is 0. The Kier molecular flexibility index (Phi) is 2.13. The average molecular weight is 206 g/mol. The monoisotopic (exact) mass is 206 g/mol. The summed E-state index contributed by atoms with van der Waals surface area (Å²) in [5, 5.41) is 3.11. The van der Waals surface area contributed by atoms with Crippen LogP contribution in [0.3, 0.4) is 0 Å². The van der Waals surface area contributed by atoms with Crippen LogP contribution in [0.15, 0.2) is 24.3 Å². The van der Waals surface area contributed by atoms with Gasteiger partial charge in [0.1, 0.15) is 6.17 Å². The zero-order valence-corrected chi connectivity index (χ0v) is 8.62. The molecule has 3 heteroatoms. The molecule has 2 aliphatic heterocycles. The topological polar surface area (TPSA) is 15.3 Å². The Morgan fingerprint density at radius 1 is 1.27 bits per heavy atom. The van der Waals surface area contributed by atoms with E-state index in [1.807, 2.05) is 6.07 Å². The van der Waals surface area contributed by atoms with Gasteiger partial charge in [0.05, 0.1) is 6.04 Å². The van der Waals surface area contributed by atoms with Crippen molar-refractivity contribution in [2.24, 2.45) is 0 Å². The van der Waals surface area contributed by atoms with Crippen LogP contribution in [0.5, 0.6) is 0 Å². The van der Waals surface area contributed by atoms with Crippen LogP contribution in [0.1, 0.15) is 5.56 Å². The molecule has 2 aliphatic rings. The Hall–Kier alpha value is -1.09. The van der Waals surface area contributed by atoms with E-state index in [1.54, 1.807) is 0 Å². The molecule has 2 heterocycles. The maximum atomic E-state index is 13.6. The van der Waals surface area contributed by atoms with E-state index in [0.717, 1.165) is 19.5 Å². The Morgan fingerprint density at radius 2 is 2.13 bits per heavy atom. The standard InChI is InChI=1S/C12H15FN2/c13-10-7-14-8-12(10)15-6-5-9-3-1-2-4-11(9)15/h1-4,10,12,14H,5-8H2. The lowest BCUT2D eigenvalue weighted by Gasteiger charge is -2.27. The highest BCUT2D eigenvalue weighted by molar-refractivity contribution is 5.59. The van der Waals surface area contributed by atoms with Crippen LogP contribution in [-0.2, 0) is 6.42 Å². The van der Waals surface area contributed by atoms with Gasteiger partial charge in [-0.1, -0.05) is 18.2 Å². The fraction of sp³-hybridized carbons (Fsp3) is 0.500. The number of halogens is 1. The van der Waals surface area contributed by atoms with Crippen LogP contribution in [0.4, 0.5) is 10.1 Å². The Morgan fingerprint density at radius 3 is 2.93 bits per heavy atom. The van der Waals surface area contributed by atoms with Gasteiger partial charge in [0, 0.05) is 25.3 Å². The van der Waals surface area contributed by atoms with E-state index in [2.05, 4.69) is 28.4 Å². The Balaban J connectivity index is 1.90. The van der Waals surface area contributed by atoms with E-state index in [9.17, 15) is 4.39 Å². The molecule has 1 aromatic carbocycles. The summed E-state index contributed by atoms with van der Waals surface area (Å²) in [6.45, 7) is 2.24. The van der Waals surface area contributed by atoms with Crippen LogP contribution in [0, 0.1) is 0 Å². The minimum Gasteiger partial charge on any atom is -0.364 e. The number of benzene rings is 1. The minimum atomic E-state index is -0.726. The second-order valence-electron chi connectivity index (χ2n) is 4.31. The molecule has 2 nitrogen and oxygen atoms in total. The first-order valence-electron chi connectivity index (χ1n) is 5.55. The molecule has 0 bridgehead atoms. The largest absolute Gasteiger partial charge is 0.364 e. The zero-order valence-electron chi connectivity index (χ0n) is 8.62. The Labute approximate surface area is 89.1 Å². The number of rotatable bonds is 1. The number of nitrogens with zero attached hydrogens (tertiary/aromatic N) is 1. The molecule has 2 atom stereocenters. The van der Waals surface area contributed by atoms with Crippen LogP contribution in [0.2, 0.25) is 0 Å². The molecule has 0 amide bonds. The molecule has 80 valence electrons. The summed E-state index contributed by atoms with van der Waals surface area (Å²) >= 11 is 0. The van der Waals surface area contributed by atoms with E-state index < -0.39 is 6.17 Å². The van der Waals surface area contributed by atoms with Crippen LogP contribution in [0.25, 0.3) is 0 Å². The SMILES string of the molecule is FC1CNCC1N1CCc2ccccc21. The lowest BCUT2D eigenvalue weighted by molar-refractivity contribution is 0.323. The third kappa shape index (κ3) is 1.42. The summed E-state index contributed by atoms with van der Waals surface area (Å²) in [4.78, 5) is 2.22. The summed E-state index contributed by atoms with van der Waals surface area (Å²) < 4.78 is 13.6. The number of fused-ring (bicyclic) bond motifs is 1. The van der Waals surface area contributed by atoms with Crippen molar-refractivity contribution in [1.29, 1.82) is 0 Å². The highest BCUT2D eigenvalue weighted by Gasteiger charge is 2.34. The third-order valence-corrected chi connectivity index (χ3v) is 3.43. The van der Waals surface area contributed by atoms with Gasteiger partial charge in [0.25, 0.3) is 0 Å². The first-order chi connectivity index (χ1) is 7.36.